The molecule has 9 nitrogen and oxygen atoms in total. The van der Waals surface area contributed by atoms with Gasteiger partial charge in [-0.2, -0.15) is 5.26 Å². The van der Waals surface area contributed by atoms with Crippen molar-refractivity contribution >= 4 is 40.0 Å². The number of para-hydroxylation sites is 1. The lowest BCUT2D eigenvalue weighted by Crippen LogP contribution is -2.38. The number of aryl methyl sites for hydroxylation is 1. The van der Waals surface area contributed by atoms with Gasteiger partial charge < -0.3 is 19.1 Å². The Bertz CT molecular complexity index is 2230. The highest BCUT2D eigenvalue weighted by molar-refractivity contribution is 7.91. The average molecular weight is 695 g/mol. The summed E-state index contributed by atoms with van der Waals surface area (Å²) in [5.41, 5.74) is 4.33. The molecule has 0 amide bonds. The van der Waals surface area contributed by atoms with E-state index in [9.17, 15) is 18.8 Å². The molecule has 2 unspecified atom stereocenters. The van der Waals surface area contributed by atoms with Gasteiger partial charge in [0, 0.05) is 26.3 Å². The minimum atomic E-state index is -3.97. The summed E-state index contributed by atoms with van der Waals surface area (Å²) in [5.74, 6) is 1.07. The molecule has 1 aliphatic rings. The Hall–Kier alpha value is -4.47. The Morgan fingerprint density at radius 1 is 1.10 bits per heavy atom. The third-order valence-corrected chi connectivity index (χ3v) is 13.0. The number of fused-ring (bicyclic) bond motifs is 2. The topological polar surface area (TPSA) is 119 Å². The Morgan fingerprint density at radius 3 is 2.61 bits per heavy atom. The molecule has 0 spiro atoms. The van der Waals surface area contributed by atoms with Crippen LogP contribution >= 0.6 is 0 Å². The van der Waals surface area contributed by atoms with Gasteiger partial charge in [0.15, 0.2) is 0 Å². The number of allylic oxidation sites excluding steroid dienone is 1. The van der Waals surface area contributed by atoms with Crippen LogP contribution in [0.25, 0.3) is 21.9 Å². The zero-order valence-electron chi connectivity index (χ0n) is 28.6. The van der Waals surface area contributed by atoms with E-state index in [2.05, 4.69) is 25.7 Å². The van der Waals surface area contributed by atoms with Crippen LogP contribution in [0.4, 0.5) is 0 Å². The molecule has 2 aromatic heterocycles. The van der Waals surface area contributed by atoms with Crippen LogP contribution in [0.1, 0.15) is 42.0 Å². The number of nitriles is 1. The normalized spacial score (nSPS) is 17.3. The maximum absolute atomic E-state index is 14.5. The number of nitrogens with zero attached hydrogens (tertiary/aromatic N) is 4. The van der Waals surface area contributed by atoms with Gasteiger partial charge >= 0.3 is 0 Å². The zero-order valence-corrected chi connectivity index (χ0v) is 30.4. The molecule has 6 rings (SSSR count). The van der Waals surface area contributed by atoms with Gasteiger partial charge in [0.25, 0.3) is 0 Å². The van der Waals surface area contributed by atoms with Crippen molar-refractivity contribution in [2.24, 2.45) is 0 Å². The smallest absolute Gasteiger partial charge is 0.248 e. The van der Waals surface area contributed by atoms with Crippen LogP contribution in [0, 0.1) is 18.3 Å². The van der Waals surface area contributed by atoms with Crippen molar-refractivity contribution in [2.75, 3.05) is 13.2 Å². The number of aliphatic hydroxyl groups excluding tert-OH is 1. The largest absolute Gasteiger partial charge is 0.489 e. The molecule has 5 aromatic rings. The number of aromatic nitrogens is 3. The lowest BCUT2D eigenvalue weighted by Gasteiger charge is -2.29. The van der Waals surface area contributed by atoms with Gasteiger partial charge in [-0.05, 0) is 79.4 Å². The first-order valence-corrected chi connectivity index (χ1v) is 21.5. The third-order valence-electron chi connectivity index (χ3n) is 9.06. The molecule has 0 saturated heterocycles. The van der Waals surface area contributed by atoms with Gasteiger partial charge in [0.1, 0.15) is 35.8 Å². The summed E-state index contributed by atoms with van der Waals surface area (Å²) < 4.78 is 42.9. The Balaban J connectivity index is 1.36. The van der Waals surface area contributed by atoms with Crippen LogP contribution in [-0.2, 0) is 21.5 Å². The molecule has 0 aliphatic heterocycles. The molecule has 0 bridgehead atoms. The van der Waals surface area contributed by atoms with Gasteiger partial charge in [-0.1, -0.05) is 68.2 Å². The molecular weight excluding hydrogens is 653 g/mol. The molecule has 3 aromatic carbocycles. The molecule has 1 aliphatic carbocycles. The minimum absolute atomic E-state index is 0.179. The van der Waals surface area contributed by atoms with E-state index in [1.165, 1.54) is 3.97 Å². The SMILES string of the molecule is Cc1ccc(C(O)c2nc3cc(C#N)ccc3n2COCC[Si](C)(C)C)c2ccn(S(=O)(=O)C3(C)C=C(COc4ccccc4)C=CC3)c12. The fourth-order valence-electron chi connectivity index (χ4n) is 6.21. The first-order chi connectivity index (χ1) is 23.3. The Kier molecular flexibility index (Phi) is 9.43. The second-order valence-electron chi connectivity index (χ2n) is 14.1. The second kappa shape index (κ2) is 13.4. The molecule has 2 heterocycles. The summed E-state index contributed by atoms with van der Waals surface area (Å²) in [7, 11) is -5.29. The molecular formula is C38H42N4O5SSi. The predicted molar refractivity (Wildman–Crippen MR) is 196 cm³/mol. The summed E-state index contributed by atoms with van der Waals surface area (Å²) >= 11 is 0. The summed E-state index contributed by atoms with van der Waals surface area (Å²) in [6.45, 7) is 11.5. The number of hydrogen-bond acceptors (Lipinski definition) is 7. The highest BCUT2D eigenvalue weighted by atomic mass is 32.2. The average Bonchev–Trinajstić information content (AvgIpc) is 3.69. The lowest BCUT2D eigenvalue weighted by atomic mass is 9.97. The van der Waals surface area contributed by atoms with Crippen molar-refractivity contribution in [1.82, 2.24) is 13.5 Å². The Morgan fingerprint density at radius 2 is 1.88 bits per heavy atom. The lowest BCUT2D eigenvalue weighted by molar-refractivity contribution is 0.0816. The van der Waals surface area contributed by atoms with E-state index in [1.807, 2.05) is 72.2 Å². The number of rotatable bonds is 12. The molecule has 2 atom stereocenters. The molecule has 254 valence electrons. The Labute approximate surface area is 288 Å². The monoisotopic (exact) mass is 694 g/mol. The summed E-state index contributed by atoms with van der Waals surface area (Å²) in [6.07, 6.45) is 6.25. The van der Waals surface area contributed by atoms with Crippen molar-refractivity contribution in [3.8, 4) is 11.8 Å². The maximum Gasteiger partial charge on any atom is 0.248 e. The van der Waals surface area contributed by atoms with Crippen LogP contribution in [-0.4, -0.2) is 53.1 Å². The minimum Gasteiger partial charge on any atom is -0.489 e. The van der Waals surface area contributed by atoms with Gasteiger partial charge in [-0.15, -0.1) is 0 Å². The van der Waals surface area contributed by atoms with Gasteiger partial charge in [0.2, 0.25) is 10.0 Å². The zero-order chi connectivity index (χ0) is 35.0. The summed E-state index contributed by atoms with van der Waals surface area (Å²) in [5, 5.41) is 22.1. The number of aliphatic hydroxyl groups is 1. The van der Waals surface area contributed by atoms with E-state index in [0.29, 0.717) is 52.1 Å². The highest BCUT2D eigenvalue weighted by Gasteiger charge is 2.40. The van der Waals surface area contributed by atoms with Crippen molar-refractivity contribution in [2.45, 2.75) is 63.5 Å². The van der Waals surface area contributed by atoms with Gasteiger partial charge in [0.05, 0.1) is 28.2 Å². The van der Waals surface area contributed by atoms with Gasteiger partial charge in [-0.25, -0.2) is 17.4 Å². The van der Waals surface area contributed by atoms with Crippen LogP contribution in [0.5, 0.6) is 5.75 Å². The van der Waals surface area contributed by atoms with E-state index in [0.717, 1.165) is 22.7 Å². The molecule has 1 N–H and O–H groups in total. The number of ether oxygens (including phenoxy) is 2. The van der Waals surface area contributed by atoms with E-state index < -0.39 is 28.9 Å². The summed E-state index contributed by atoms with van der Waals surface area (Å²) in [6, 6.07) is 23.2. The van der Waals surface area contributed by atoms with E-state index in [-0.39, 0.29) is 13.3 Å². The first-order valence-electron chi connectivity index (χ1n) is 16.4. The standard InChI is InChI=1S/C38H42N4O5SSi/c1-27-13-15-32(36(43)37-40-33-22-28(24-39)14-16-34(33)41(37)26-46-20-21-49(3,4)5)31-17-19-42(35(27)31)48(44,45)38(2)18-9-10-29(23-38)25-47-30-11-7-6-8-12-30/h6-17,19,22-23,36,43H,18,20-21,25-26H2,1-5H3. The van der Waals surface area contributed by atoms with E-state index >= 15 is 0 Å². The number of benzene rings is 3. The molecule has 0 saturated carbocycles. The van der Waals surface area contributed by atoms with Crippen molar-refractivity contribution in [1.29, 1.82) is 5.26 Å². The van der Waals surface area contributed by atoms with E-state index in [1.54, 1.807) is 37.4 Å². The maximum atomic E-state index is 14.5. The number of hydrogen-bond donors (Lipinski definition) is 1. The summed E-state index contributed by atoms with van der Waals surface area (Å²) in [4.78, 5) is 4.78. The molecule has 11 heteroatoms. The highest BCUT2D eigenvalue weighted by Crippen LogP contribution is 2.37. The van der Waals surface area contributed by atoms with Crippen molar-refractivity contribution in [3.05, 3.63) is 119 Å². The van der Waals surface area contributed by atoms with Gasteiger partial charge in [-0.3, -0.25) is 0 Å². The fourth-order valence-corrected chi connectivity index (χ4v) is 8.73. The third kappa shape index (κ3) is 6.87. The quantitative estimate of drug-likeness (QED) is 0.106. The van der Waals surface area contributed by atoms with E-state index in [4.69, 9.17) is 14.5 Å². The van der Waals surface area contributed by atoms with Crippen LogP contribution < -0.4 is 4.74 Å². The molecule has 49 heavy (non-hydrogen) atoms. The van der Waals surface area contributed by atoms with Crippen molar-refractivity contribution in [3.63, 3.8) is 0 Å². The fraction of sp³-hybridized carbons (Fsp3) is 0.316. The van der Waals surface area contributed by atoms with Crippen LogP contribution in [0.2, 0.25) is 25.7 Å². The second-order valence-corrected chi connectivity index (χ2v) is 22.0. The van der Waals surface area contributed by atoms with Crippen LogP contribution in [0.3, 0.4) is 0 Å². The van der Waals surface area contributed by atoms with Crippen LogP contribution in [0.15, 0.2) is 96.7 Å². The molecule has 0 fully saturated rings. The van der Waals surface area contributed by atoms with Crippen molar-refractivity contribution < 1.29 is 23.0 Å². The first kappa shape index (κ1) is 34.4. The predicted octanol–water partition coefficient (Wildman–Crippen LogP) is 7.47. The number of imidazole rings is 1. The molecule has 0 radical (unpaired) electrons.